The Kier molecular flexibility index (Phi) is 2.70. The first-order valence-corrected chi connectivity index (χ1v) is 4.94. The highest BCUT2D eigenvalue weighted by molar-refractivity contribution is 5.94. The molecule has 0 bridgehead atoms. The van der Waals surface area contributed by atoms with Crippen LogP contribution in [0.1, 0.15) is 0 Å². The Labute approximate surface area is 97.8 Å². The molecule has 2 rings (SSSR count). The fraction of sp³-hybridized carbons (Fsp3) is 0.0909. The number of benzene rings is 1. The van der Waals surface area contributed by atoms with Crippen molar-refractivity contribution in [2.75, 3.05) is 17.7 Å². The summed E-state index contributed by atoms with van der Waals surface area (Å²) in [6.45, 7) is 0. The van der Waals surface area contributed by atoms with Crippen molar-refractivity contribution in [3.05, 3.63) is 30.3 Å². The highest BCUT2D eigenvalue weighted by Crippen LogP contribution is 2.30. The van der Waals surface area contributed by atoms with Crippen LogP contribution in [0.3, 0.4) is 0 Å². The molecule has 1 heterocycles. The summed E-state index contributed by atoms with van der Waals surface area (Å²) >= 11 is 0. The van der Waals surface area contributed by atoms with Crippen LogP contribution >= 0.6 is 0 Å². The molecular weight excluding hydrogens is 220 g/mol. The summed E-state index contributed by atoms with van der Waals surface area (Å²) in [5, 5.41) is 3.61. The van der Waals surface area contributed by atoms with Crippen molar-refractivity contribution >= 4 is 17.5 Å². The van der Waals surface area contributed by atoms with Gasteiger partial charge in [-0.3, -0.25) is 4.90 Å². The zero-order valence-corrected chi connectivity index (χ0v) is 9.25. The van der Waals surface area contributed by atoms with Crippen LogP contribution in [-0.2, 0) is 0 Å². The summed E-state index contributed by atoms with van der Waals surface area (Å²) < 4.78 is 5.07. The molecule has 0 saturated heterocycles. The normalized spacial score (nSPS) is 10.2. The van der Waals surface area contributed by atoms with E-state index in [1.807, 2.05) is 6.07 Å². The molecule has 0 aliphatic heterocycles. The van der Waals surface area contributed by atoms with Gasteiger partial charge in [0.2, 0.25) is 0 Å². The second-order valence-electron chi connectivity index (χ2n) is 3.53. The summed E-state index contributed by atoms with van der Waals surface area (Å²) in [7, 11) is 1.58. The van der Waals surface area contributed by atoms with Gasteiger partial charge in [0.25, 0.3) is 0 Å². The molecular formula is C11H12N4O2. The number of urea groups is 1. The number of anilines is 2. The van der Waals surface area contributed by atoms with Crippen molar-refractivity contribution in [1.82, 2.24) is 5.16 Å². The summed E-state index contributed by atoms with van der Waals surface area (Å²) in [4.78, 5) is 12.5. The fourth-order valence-electron chi connectivity index (χ4n) is 1.51. The van der Waals surface area contributed by atoms with E-state index in [4.69, 9.17) is 16.0 Å². The van der Waals surface area contributed by atoms with Gasteiger partial charge in [0, 0.05) is 18.7 Å². The third-order valence-corrected chi connectivity index (χ3v) is 2.39. The van der Waals surface area contributed by atoms with Gasteiger partial charge < -0.3 is 16.0 Å². The number of primary amides is 1. The fourth-order valence-corrected chi connectivity index (χ4v) is 1.51. The lowest BCUT2D eigenvalue weighted by Crippen LogP contribution is -2.32. The zero-order valence-electron chi connectivity index (χ0n) is 9.25. The quantitative estimate of drug-likeness (QED) is 0.818. The number of carbonyl (C=O) groups is 1. The Bertz CT molecular complexity index is 550. The molecule has 2 aromatic rings. The first kappa shape index (κ1) is 11.0. The van der Waals surface area contributed by atoms with Crippen molar-refractivity contribution in [2.24, 2.45) is 5.73 Å². The van der Waals surface area contributed by atoms with Gasteiger partial charge in [-0.05, 0) is 12.1 Å². The standard InChI is InChI=1S/C11H12N4O2/c1-15(11(13)16)8-5-3-2-4-7(8)9-6-10(12)14-17-9/h2-6H,1H3,(H2,12,14)(H2,13,16). The molecule has 0 unspecified atom stereocenters. The van der Waals surface area contributed by atoms with E-state index >= 15 is 0 Å². The van der Waals surface area contributed by atoms with Crippen molar-refractivity contribution in [2.45, 2.75) is 0 Å². The molecule has 4 N–H and O–H groups in total. The Morgan fingerprint density at radius 2 is 2.12 bits per heavy atom. The molecule has 0 aliphatic rings. The number of aromatic nitrogens is 1. The van der Waals surface area contributed by atoms with Crippen molar-refractivity contribution in [1.29, 1.82) is 0 Å². The van der Waals surface area contributed by atoms with Gasteiger partial charge in [-0.15, -0.1) is 0 Å². The van der Waals surface area contributed by atoms with Gasteiger partial charge in [-0.2, -0.15) is 0 Å². The number of nitrogen functional groups attached to an aromatic ring is 1. The SMILES string of the molecule is CN(C(N)=O)c1ccccc1-c1cc(N)no1. The van der Waals surface area contributed by atoms with Crippen LogP contribution in [0.5, 0.6) is 0 Å². The van der Waals surface area contributed by atoms with Crippen molar-refractivity contribution in [3.8, 4) is 11.3 Å². The monoisotopic (exact) mass is 232 g/mol. The van der Waals surface area contributed by atoms with Crippen LogP contribution in [0, 0.1) is 0 Å². The average Bonchev–Trinajstić information content (AvgIpc) is 2.74. The lowest BCUT2D eigenvalue weighted by molar-refractivity contribution is 0.255. The zero-order chi connectivity index (χ0) is 12.4. The molecule has 0 radical (unpaired) electrons. The predicted octanol–water partition coefficient (Wildman–Crippen LogP) is 1.44. The van der Waals surface area contributed by atoms with Crippen LogP contribution < -0.4 is 16.4 Å². The van der Waals surface area contributed by atoms with Crippen LogP contribution in [0.25, 0.3) is 11.3 Å². The number of rotatable bonds is 2. The highest BCUT2D eigenvalue weighted by Gasteiger charge is 2.15. The number of hydrogen-bond acceptors (Lipinski definition) is 4. The Morgan fingerprint density at radius 1 is 1.41 bits per heavy atom. The Morgan fingerprint density at radius 3 is 2.71 bits per heavy atom. The highest BCUT2D eigenvalue weighted by atomic mass is 16.5. The topological polar surface area (TPSA) is 98.4 Å². The van der Waals surface area contributed by atoms with E-state index in [9.17, 15) is 4.79 Å². The summed E-state index contributed by atoms with van der Waals surface area (Å²) in [6.07, 6.45) is 0. The molecule has 2 amide bonds. The lowest BCUT2D eigenvalue weighted by Gasteiger charge is -2.16. The van der Waals surface area contributed by atoms with Gasteiger partial charge in [0.05, 0.1) is 5.69 Å². The molecule has 6 nitrogen and oxygen atoms in total. The lowest BCUT2D eigenvalue weighted by atomic mass is 10.1. The number of amides is 2. The van der Waals surface area contributed by atoms with E-state index < -0.39 is 6.03 Å². The minimum Gasteiger partial charge on any atom is -0.381 e. The van der Waals surface area contributed by atoms with Gasteiger partial charge in [0.1, 0.15) is 0 Å². The second kappa shape index (κ2) is 4.17. The van der Waals surface area contributed by atoms with Gasteiger partial charge in [0.15, 0.2) is 11.6 Å². The Balaban J connectivity index is 2.51. The smallest absolute Gasteiger partial charge is 0.319 e. The van der Waals surface area contributed by atoms with E-state index in [-0.39, 0.29) is 5.82 Å². The Hall–Kier alpha value is -2.50. The van der Waals surface area contributed by atoms with Crippen molar-refractivity contribution < 1.29 is 9.32 Å². The van der Waals surface area contributed by atoms with Crippen molar-refractivity contribution in [3.63, 3.8) is 0 Å². The molecule has 0 aliphatic carbocycles. The molecule has 1 aromatic heterocycles. The molecule has 0 saturated carbocycles. The number of carbonyl (C=O) groups excluding carboxylic acids is 1. The molecule has 1 aromatic carbocycles. The molecule has 88 valence electrons. The minimum absolute atomic E-state index is 0.288. The number of nitrogens with two attached hydrogens (primary N) is 2. The molecule has 0 spiro atoms. The summed E-state index contributed by atoms with van der Waals surface area (Å²) in [6, 6.07) is 8.23. The van der Waals surface area contributed by atoms with Crippen LogP contribution in [0.15, 0.2) is 34.9 Å². The molecule has 6 heteroatoms. The first-order valence-electron chi connectivity index (χ1n) is 4.94. The van der Waals surface area contributed by atoms with Crippen LogP contribution in [0.2, 0.25) is 0 Å². The third kappa shape index (κ3) is 2.05. The maximum Gasteiger partial charge on any atom is 0.319 e. The first-order chi connectivity index (χ1) is 8.09. The molecule has 0 atom stereocenters. The van der Waals surface area contributed by atoms with E-state index in [2.05, 4.69) is 5.16 Å². The largest absolute Gasteiger partial charge is 0.381 e. The van der Waals surface area contributed by atoms with Crippen LogP contribution in [0.4, 0.5) is 16.3 Å². The predicted molar refractivity (Wildman–Crippen MR) is 64.3 cm³/mol. The van der Waals surface area contributed by atoms with E-state index in [0.717, 1.165) is 0 Å². The maximum absolute atomic E-state index is 11.2. The van der Waals surface area contributed by atoms with Gasteiger partial charge >= 0.3 is 6.03 Å². The maximum atomic E-state index is 11.2. The molecule has 17 heavy (non-hydrogen) atoms. The van der Waals surface area contributed by atoms with Gasteiger partial charge in [-0.1, -0.05) is 17.3 Å². The number of para-hydroxylation sites is 1. The summed E-state index contributed by atoms with van der Waals surface area (Å²) in [5.41, 5.74) is 12.1. The van der Waals surface area contributed by atoms with E-state index in [1.54, 1.807) is 31.3 Å². The van der Waals surface area contributed by atoms with E-state index in [0.29, 0.717) is 17.0 Å². The second-order valence-corrected chi connectivity index (χ2v) is 3.53. The van der Waals surface area contributed by atoms with E-state index in [1.165, 1.54) is 4.90 Å². The minimum atomic E-state index is -0.551. The van der Waals surface area contributed by atoms with Gasteiger partial charge in [-0.25, -0.2) is 4.79 Å². The van der Waals surface area contributed by atoms with Crippen LogP contribution in [-0.4, -0.2) is 18.2 Å². The average molecular weight is 232 g/mol. The molecule has 0 fully saturated rings. The summed E-state index contributed by atoms with van der Waals surface area (Å²) in [5.74, 6) is 0.780. The number of hydrogen-bond donors (Lipinski definition) is 2. The third-order valence-electron chi connectivity index (χ3n) is 2.39. The number of nitrogens with zero attached hydrogens (tertiary/aromatic N) is 2.